The summed E-state index contributed by atoms with van der Waals surface area (Å²) in [6.07, 6.45) is 1.76. The highest BCUT2D eigenvalue weighted by molar-refractivity contribution is 7.88. The molecule has 1 fully saturated rings. The smallest absolute Gasteiger partial charge is 0.414 e. The number of rotatable bonds is 8. The summed E-state index contributed by atoms with van der Waals surface area (Å²) in [5, 5.41) is 2.63. The van der Waals surface area contributed by atoms with Crippen LogP contribution in [0.5, 0.6) is 0 Å². The SMILES string of the molecule is CC(=O)NC[C@H]1CN(c2ccc(C3=CCN(S(C)(=O)=O)[C@@H]3C(=O)OCc3ccccc3)cc2)C(=O)O1. The molecule has 1 saturated heterocycles. The first-order valence-electron chi connectivity index (χ1n) is 11.3. The van der Waals surface area contributed by atoms with Gasteiger partial charge in [0.15, 0.2) is 0 Å². The van der Waals surface area contributed by atoms with E-state index < -0.39 is 34.2 Å². The molecule has 0 spiro atoms. The quantitative estimate of drug-likeness (QED) is 0.535. The van der Waals surface area contributed by atoms with Crippen LogP contribution in [0.3, 0.4) is 0 Å². The molecule has 2 aliphatic rings. The van der Waals surface area contributed by atoms with E-state index in [9.17, 15) is 22.8 Å². The van der Waals surface area contributed by atoms with E-state index in [1.54, 1.807) is 30.3 Å². The van der Waals surface area contributed by atoms with Gasteiger partial charge in [0.1, 0.15) is 18.8 Å². The maximum Gasteiger partial charge on any atom is 0.414 e. The van der Waals surface area contributed by atoms with E-state index in [1.807, 2.05) is 30.3 Å². The van der Waals surface area contributed by atoms with E-state index in [2.05, 4.69) is 5.32 Å². The maximum atomic E-state index is 13.1. The zero-order valence-electron chi connectivity index (χ0n) is 19.9. The lowest BCUT2D eigenvalue weighted by Gasteiger charge is -2.24. The molecule has 2 aromatic rings. The maximum absolute atomic E-state index is 13.1. The molecule has 2 amide bonds. The first-order valence-corrected chi connectivity index (χ1v) is 13.2. The van der Waals surface area contributed by atoms with Crippen molar-refractivity contribution in [1.82, 2.24) is 9.62 Å². The molecular formula is C25H27N3O7S. The summed E-state index contributed by atoms with van der Waals surface area (Å²) in [6.45, 7) is 1.95. The molecule has 2 aromatic carbocycles. The Morgan fingerprint density at radius 2 is 1.81 bits per heavy atom. The largest absolute Gasteiger partial charge is 0.459 e. The third-order valence-corrected chi connectivity index (χ3v) is 7.12. The number of nitrogens with one attached hydrogen (secondary N) is 1. The number of sulfonamides is 1. The zero-order valence-corrected chi connectivity index (χ0v) is 20.7. The van der Waals surface area contributed by atoms with Gasteiger partial charge in [-0.2, -0.15) is 4.31 Å². The number of benzene rings is 2. The molecular weight excluding hydrogens is 486 g/mol. The van der Waals surface area contributed by atoms with Crippen molar-refractivity contribution in [3.63, 3.8) is 0 Å². The normalized spacial score (nSPS) is 20.1. The van der Waals surface area contributed by atoms with Gasteiger partial charge in [-0.1, -0.05) is 48.5 Å². The molecule has 0 radical (unpaired) electrons. The Labute approximate surface area is 209 Å². The van der Waals surface area contributed by atoms with E-state index in [4.69, 9.17) is 9.47 Å². The molecule has 0 aliphatic carbocycles. The van der Waals surface area contributed by atoms with Crippen LogP contribution in [-0.4, -0.2) is 68.7 Å². The van der Waals surface area contributed by atoms with E-state index in [0.717, 1.165) is 16.1 Å². The van der Waals surface area contributed by atoms with Crippen molar-refractivity contribution >= 4 is 39.3 Å². The number of anilines is 1. The van der Waals surface area contributed by atoms with Crippen LogP contribution < -0.4 is 10.2 Å². The Balaban J connectivity index is 1.50. The Hall–Kier alpha value is -3.70. The number of nitrogens with zero attached hydrogens (tertiary/aromatic N) is 2. The van der Waals surface area contributed by atoms with Crippen LogP contribution in [0.15, 0.2) is 60.7 Å². The predicted octanol–water partition coefficient (Wildman–Crippen LogP) is 1.92. The molecule has 0 aromatic heterocycles. The second-order valence-electron chi connectivity index (χ2n) is 8.59. The first-order chi connectivity index (χ1) is 17.1. The van der Waals surface area contributed by atoms with Crippen molar-refractivity contribution in [3.05, 3.63) is 71.8 Å². The van der Waals surface area contributed by atoms with Crippen LogP contribution in [0.1, 0.15) is 18.1 Å². The van der Waals surface area contributed by atoms with Gasteiger partial charge < -0.3 is 14.8 Å². The zero-order chi connectivity index (χ0) is 25.9. The van der Waals surface area contributed by atoms with E-state index in [1.165, 1.54) is 11.8 Å². The van der Waals surface area contributed by atoms with Crippen LogP contribution in [0.25, 0.3) is 5.57 Å². The fourth-order valence-electron chi connectivity index (χ4n) is 4.15. The second kappa shape index (κ2) is 10.5. The molecule has 10 nitrogen and oxygen atoms in total. The van der Waals surface area contributed by atoms with Crippen LogP contribution in [-0.2, 0) is 35.7 Å². The van der Waals surface area contributed by atoms with Crippen molar-refractivity contribution in [2.45, 2.75) is 25.7 Å². The average Bonchev–Trinajstić information content (AvgIpc) is 3.46. The Kier molecular flexibility index (Phi) is 7.41. The van der Waals surface area contributed by atoms with Crippen molar-refractivity contribution in [3.8, 4) is 0 Å². The van der Waals surface area contributed by atoms with Gasteiger partial charge in [0.2, 0.25) is 15.9 Å². The lowest BCUT2D eigenvalue weighted by molar-refractivity contribution is -0.147. The van der Waals surface area contributed by atoms with E-state index in [0.29, 0.717) is 16.8 Å². The Bertz CT molecular complexity index is 1280. The summed E-state index contributed by atoms with van der Waals surface area (Å²) >= 11 is 0. The van der Waals surface area contributed by atoms with Gasteiger partial charge in [-0.15, -0.1) is 0 Å². The van der Waals surface area contributed by atoms with E-state index in [-0.39, 0.29) is 32.1 Å². The number of esters is 1. The summed E-state index contributed by atoms with van der Waals surface area (Å²) in [7, 11) is -3.69. The fraction of sp³-hybridized carbons (Fsp3) is 0.320. The molecule has 36 heavy (non-hydrogen) atoms. The number of hydrogen-bond acceptors (Lipinski definition) is 7. The van der Waals surface area contributed by atoms with Gasteiger partial charge in [-0.25, -0.2) is 18.0 Å². The highest BCUT2D eigenvalue weighted by atomic mass is 32.2. The van der Waals surface area contributed by atoms with Crippen molar-refractivity contribution in [2.24, 2.45) is 0 Å². The minimum Gasteiger partial charge on any atom is -0.459 e. The van der Waals surface area contributed by atoms with Crippen molar-refractivity contribution < 1.29 is 32.3 Å². The number of amides is 2. The van der Waals surface area contributed by atoms with Crippen molar-refractivity contribution in [2.75, 3.05) is 30.8 Å². The summed E-state index contributed by atoms with van der Waals surface area (Å²) in [5.74, 6) is -0.875. The Morgan fingerprint density at radius 3 is 2.44 bits per heavy atom. The number of carbonyl (C=O) groups excluding carboxylic acids is 3. The van der Waals surface area contributed by atoms with Crippen LogP contribution in [0.2, 0.25) is 0 Å². The third kappa shape index (κ3) is 5.74. The number of cyclic esters (lactones) is 1. The number of ether oxygens (including phenoxy) is 2. The molecule has 1 N–H and O–H groups in total. The average molecular weight is 514 g/mol. The summed E-state index contributed by atoms with van der Waals surface area (Å²) in [6, 6.07) is 14.9. The Morgan fingerprint density at radius 1 is 1.11 bits per heavy atom. The van der Waals surface area contributed by atoms with Gasteiger partial charge in [0, 0.05) is 19.2 Å². The number of carbonyl (C=O) groups is 3. The number of hydrogen-bond donors (Lipinski definition) is 1. The second-order valence-corrected chi connectivity index (χ2v) is 10.5. The van der Waals surface area contributed by atoms with Crippen LogP contribution in [0, 0.1) is 0 Å². The van der Waals surface area contributed by atoms with Crippen LogP contribution in [0.4, 0.5) is 10.5 Å². The monoisotopic (exact) mass is 513 g/mol. The highest BCUT2D eigenvalue weighted by Gasteiger charge is 2.40. The molecule has 0 saturated carbocycles. The molecule has 0 unspecified atom stereocenters. The third-order valence-electron chi connectivity index (χ3n) is 5.91. The fourth-order valence-corrected chi connectivity index (χ4v) is 5.07. The van der Waals surface area contributed by atoms with Gasteiger partial charge in [-0.3, -0.25) is 9.69 Å². The van der Waals surface area contributed by atoms with Crippen LogP contribution >= 0.6 is 0 Å². The molecule has 2 aliphatic heterocycles. The van der Waals surface area contributed by atoms with Gasteiger partial charge >= 0.3 is 12.1 Å². The molecule has 2 atom stereocenters. The summed E-state index contributed by atoms with van der Waals surface area (Å²) < 4.78 is 36.7. The lowest BCUT2D eigenvalue weighted by Crippen LogP contribution is -2.42. The lowest BCUT2D eigenvalue weighted by atomic mass is 10.00. The predicted molar refractivity (Wildman–Crippen MR) is 132 cm³/mol. The molecule has 2 heterocycles. The molecule has 0 bridgehead atoms. The minimum absolute atomic E-state index is 0.0245. The highest BCUT2D eigenvalue weighted by Crippen LogP contribution is 2.32. The van der Waals surface area contributed by atoms with E-state index >= 15 is 0 Å². The molecule has 11 heteroatoms. The first kappa shape index (κ1) is 25.4. The summed E-state index contributed by atoms with van der Waals surface area (Å²) in [4.78, 5) is 37.9. The van der Waals surface area contributed by atoms with Gasteiger partial charge in [0.25, 0.3) is 0 Å². The molecule has 4 rings (SSSR count). The van der Waals surface area contributed by atoms with Gasteiger partial charge in [0.05, 0.1) is 19.3 Å². The van der Waals surface area contributed by atoms with Gasteiger partial charge in [-0.05, 0) is 28.8 Å². The topological polar surface area (TPSA) is 122 Å². The summed E-state index contributed by atoms with van der Waals surface area (Å²) in [5.41, 5.74) is 2.52. The standard InChI is InChI=1S/C25H27N3O7S/c1-17(29)26-14-21-15-27(25(31)35-21)20-10-8-19(9-11-20)22-12-13-28(36(2,32)33)23(22)24(30)34-16-18-6-4-3-5-7-18/h3-12,21,23H,13-16H2,1-2H3,(H,26,29)/t21-,23-/m0/s1. The van der Waals surface area contributed by atoms with Crippen molar-refractivity contribution in [1.29, 1.82) is 0 Å². The molecule has 190 valence electrons. The minimum atomic E-state index is -3.69.